The summed E-state index contributed by atoms with van der Waals surface area (Å²) in [5.41, 5.74) is 3.69. The summed E-state index contributed by atoms with van der Waals surface area (Å²) in [6, 6.07) is 11.0. The number of hydrogen-bond acceptors (Lipinski definition) is 7. The number of nitrogens with one attached hydrogen (secondary N) is 2. The topological polar surface area (TPSA) is 124 Å². The van der Waals surface area contributed by atoms with Gasteiger partial charge in [-0.2, -0.15) is 0 Å². The van der Waals surface area contributed by atoms with Gasteiger partial charge in [0, 0.05) is 59.3 Å². The Morgan fingerprint density at radius 3 is 2.42 bits per heavy atom. The maximum Gasteiger partial charge on any atom is 0.330 e. The summed E-state index contributed by atoms with van der Waals surface area (Å²) in [5.74, 6) is 0.461. The van der Waals surface area contributed by atoms with Gasteiger partial charge in [-0.1, -0.05) is 30.5 Å². The lowest BCUT2D eigenvalue weighted by Crippen LogP contribution is -2.61. The maximum atomic E-state index is 13.8. The zero-order valence-electron chi connectivity index (χ0n) is 30.6. The van der Waals surface area contributed by atoms with Crippen molar-refractivity contribution in [3.8, 4) is 17.3 Å². The second-order valence-electron chi connectivity index (χ2n) is 14.8. The molecule has 0 radical (unpaired) electrons. The molecule has 0 spiro atoms. The summed E-state index contributed by atoms with van der Waals surface area (Å²) in [6.45, 7) is 3.28. The molecule has 0 unspecified atom stereocenters. The lowest BCUT2D eigenvalue weighted by Gasteiger charge is -2.40. The number of carbonyl (C=O) groups excluding carboxylic acids is 3. The lowest BCUT2D eigenvalue weighted by atomic mass is 9.75. The Balaban J connectivity index is 1.19. The number of quaternary nitrogens is 1. The van der Waals surface area contributed by atoms with Crippen molar-refractivity contribution < 1.29 is 28.3 Å². The van der Waals surface area contributed by atoms with Crippen LogP contribution in [0.5, 0.6) is 5.75 Å². The van der Waals surface area contributed by atoms with Crippen molar-refractivity contribution in [2.45, 2.75) is 63.3 Å². The van der Waals surface area contributed by atoms with Crippen molar-refractivity contribution in [3.63, 3.8) is 0 Å². The van der Waals surface area contributed by atoms with Gasteiger partial charge >= 0.3 is 5.97 Å². The molecular formula is C40H48ClN6O5+. The first-order valence-corrected chi connectivity index (χ1v) is 18.4. The largest absolute Gasteiger partial charge is 0.493 e. The van der Waals surface area contributed by atoms with Crippen LogP contribution >= 0.6 is 11.6 Å². The Hall–Kier alpha value is -4.74. The molecular weight excluding hydrogens is 680 g/mol. The first-order chi connectivity index (χ1) is 24.9. The second-order valence-corrected chi connectivity index (χ2v) is 15.2. The standard InChI is InChI=1S/C40H47ClN6O5/c1-6-51-33-23-30(15-12-26(33)14-17-34(48)52-21-20-47(3,4)5)44-39(50)40(18-9-19-40)45-38(49)28-13-16-31-32(22-28)46(2)36(35(31)27-10-7-8-11-27)37-42-24-29(41)25-43-37/h12-17,22-25,27H,6-11,18-21H2,1-5H3,(H-,44,45,48,49,50)/p+1. The number of aromatic nitrogens is 3. The average Bonchev–Trinajstić information content (AvgIpc) is 3.72. The van der Waals surface area contributed by atoms with Crippen LogP contribution in [-0.4, -0.2) is 83.2 Å². The molecule has 2 N–H and O–H groups in total. The Morgan fingerprint density at radius 2 is 1.77 bits per heavy atom. The van der Waals surface area contributed by atoms with Crippen molar-refractivity contribution in [3.05, 3.63) is 76.6 Å². The van der Waals surface area contributed by atoms with Gasteiger partial charge in [-0.3, -0.25) is 9.59 Å². The molecule has 274 valence electrons. The molecule has 0 bridgehead atoms. The monoisotopic (exact) mass is 727 g/mol. The van der Waals surface area contributed by atoms with Gasteiger partial charge in [-0.25, -0.2) is 14.8 Å². The number of ether oxygens (including phenoxy) is 2. The highest BCUT2D eigenvalue weighted by Crippen LogP contribution is 2.44. The third-order valence-corrected chi connectivity index (χ3v) is 10.3. The number of amides is 2. The second kappa shape index (κ2) is 15.5. The van der Waals surface area contributed by atoms with E-state index in [2.05, 4.69) is 25.2 Å². The minimum Gasteiger partial charge on any atom is -0.493 e. The molecule has 4 aromatic rings. The number of rotatable bonds is 13. The van der Waals surface area contributed by atoms with Crippen LogP contribution in [0.15, 0.2) is 54.9 Å². The molecule has 2 amide bonds. The van der Waals surface area contributed by atoms with Crippen molar-refractivity contribution in [2.75, 3.05) is 46.2 Å². The first-order valence-electron chi connectivity index (χ1n) is 18.0. The predicted molar refractivity (Wildman–Crippen MR) is 203 cm³/mol. The van der Waals surface area contributed by atoms with Crippen LogP contribution in [0.1, 0.15) is 79.3 Å². The molecule has 2 aromatic heterocycles. The maximum absolute atomic E-state index is 13.8. The Bertz CT molecular complexity index is 1990. The van der Waals surface area contributed by atoms with Gasteiger partial charge in [0.2, 0.25) is 5.91 Å². The van der Waals surface area contributed by atoms with Crippen LogP contribution < -0.4 is 15.4 Å². The number of aryl methyl sites for hydroxylation is 1. The molecule has 2 saturated carbocycles. The Kier molecular flexibility index (Phi) is 11.0. The summed E-state index contributed by atoms with van der Waals surface area (Å²) in [6.07, 6.45) is 12.6. The number of likely N-dealkylation sites (N-methyl/N-ethyl adjacent to an activating group) is 1. The number of fused-ring (bicyclic) bond motifs is 1. The minimum atomic E-state index is -1.04. The fourth-order valence-corrected chi connectivity index (χ4v) is 7.17. The molecule has 52 heavy (non-hydrogen) atoms. The number of benzene rings is 2. The number of esters is 1. The van der Waals surface area contributed by atoms with Crippen LogP contribution in [0.3, 0.4) is 0 Å². The number of anilines is 1. The molecule has 2 aliphatic carbocycles. The summed E-state index contributed by atoms with van der Waals surface area (Å²) in [7, 11) is 8.08. The van der Waals surface area contributed by atoms with Gasteiger partial charge in [0.05, 0.1) is 38.5 Å². The van der Waals surface area contributed by atoms with E-state index in [0.717, 1.165) is 35.9 Å². The van der Waals surface area contributed by atoms with E-state index in [-0.39, 0.29) is 11.8 Å². The Labute approximate surface area is 309 Å². The zero-order chi connectivity index (χ0) is 37.0. The van der Waals surface area contributed by atoms with Gasteiger partial charge in [0.25, 0.3) is 5.91 Å². The fraction of sp³-hybridized carbons (Fsp3) is 0.425. The van der Waals surface area contributed by atoms with E-state index in [1.54, 1.807) is 36.7 Å². The molecule has 2 fully saturated rings. The molecule has 2 aromatic carbocycles. The summed E-state index contributed by atoms with van der Waals surface area (Å²) >= 11 is 6.12. The highest BCUT2D eigenvalue weighted by atomic mass is 35.5. The van der Waals surface area contributed by atoms with E-state index in [1.807, 2.05) is 53.3 Å². The van der Waals surface area contributed by atoms with Crippen molar-refractivity contribution >= 4 is 52.1 Å². The molecule has 2 aliphatic rings. The highest BCUT2D eigenvalue weighted by molar-refractivity contribution is 6.30. The summed E-state index contributed by atoms with van der Waals surface area (Å²) in [4.78, 5) is 49.0. The van der Waals surface area contributed by atoms with Crippen molar-refractivity contribution in [2.24, 2.45) is 7.05 Å². The van der Waals surface area contributed by atoms with Gasteiger partial charge in [-0.05, 0) is 80.9 Å². The van der Waals surface area contributed by atoms with E-state index in [4.69, 9.17) is 21.1 Å². The number of carbonyl (C=O) groups is 3. The SMILES string of the molecule is CCOc1cc(NC(=O)C2(NC(=O)c3ccc4c(C5CCCC5)c(-c5ncc(Cl)cn5)n(C)c4c3)CCC2)ccc1/C=C/C(=O)OCC[N+](C)(C)C. The smallest absolute Gasteiger partial charge is 0.330 e. The van der Waals surface area contributed by atoms with Crippen LogP contribution in [0.2, 0.25) is 5.02 Å². The average molecular weight is 728 g/mol. The van der Waals surface area contributed by atoms with Gasteiger partial charge in [0.1, 0.15) is 24.4 Å². The molecule has 0 aliphatic heterocycles. The van der Waals surface area contributed by atoms with Crippen molar-refractivity contribution in [1.29, 1.82) is 0 Å². The number of hydrogen-bond donors (Lipinski definition) is 2. The van der Waals surface area contributed by atoms with E-state index < -0.39 is 11.5 Å². The van der Waals surface area contributed by atoms with Crippen molar-refractivity contribution in [1.82, 2.24) is 19.9 Å². The summed E-state index contributed by atoms with van der Waals surface area (Å²) in [5, 5.41) is 7.63. The van der Waals surface area contributed by atoms with E-state index >= 15 is 0 Å². The van der Waals surface area contributed by atoms with Crippen LogP contribution in [0.25, 0.3) is 28.5 Å². The fourth-order valence-electron chi connectivity index (χ4n) is 7.08. The molecule has 11 nitrogen and oxygen atoms in total. The van der Waals surface area contributed by atoms with Gasteiger partial charge in [0.15, 0.2) is 5.82 Å². The molecule has 0 saturated heterocycles. The predicted octanol–water partition coefficient (Wildman–Crippen LogP) is 6.90. The van der Waals surface area contributed by atoms with E-state index in [0.29, 0.717) is 76.4 Å². The zero-order valence-corrected chi connectivity index (χ0v) is 31.4. The lowest BCUT2D eigenvalue weighted by molar-refractivity contribution is -0.870. The van der Waals surface area contributed by atoms with Gasteiger partial charge < -0.3 is 29.2 Å². The van der Waals surface area contributed by atoms with Crippen LogP contribution in [0, 0.1) is 0 Å². The van der Waals surface area contributed by atoms with Gasteiger partial charge in [-0.15, -0.1) is 0 Å². The summed E-state index contributed by atoms with van der Waals surface area (Å²) < 4.78 is 13.9. The van der Waals surface area contributed by atoms with Crippen LogP contribution in [-0.2, 0) is 21.4 Å². The minimum absolute atomic E-state index is 0.288. The third kappa shape index (κ3) is 8.16. The highest BCUT2D eigenvalue weighted by Gasteiger charge is 2.45. The number of nitrogens with zero attached hydrogens (tertiary/aromatic N) is 4. The number of halogens is 1. The molecule has 12 heteroatoms. The Morgan fingerprint density at radius 1 is 1.04 bits per heavy atom. The first kappa shape index (κ1) is 37.0. The third-order valence-electron chi connectivity index (χ3n) is 10.1. The van der Waals surface area contributed by atoms with E-state index in [9.17, 15) is 14.4 Å². The van der Waals surface area contributed by atoms with E-state index in [1.165, 1.54) is 24.5 Å². The molecule has 2 heterocycles. The molecule has 6 rings (SSSR count). The van der Waals surface area contributed by atoms with Crippen LogP contribution in [0.4, 0.5) is 5.69 Å². The molecule has 0 atom stereocenters. The normalized spacial score (nSPS) is 15.8. The quantitative estimate of drug-likeness (QED) is 0.0873.